The van der Waals surface area contributed by atoms with Crippen molar-refractivity contribution in [1.29, 1.82) is 0 Å². The first-order chi connectivity index (χ1) is 11.0. The highest BCUT2D eigenvalue weighted by atomic mass is 79.9. The van der Waals surface area contributed by atoms with Crippen LogP contribution in [0.25, 0.3) is 0 Å². The van der Waals surface area contributed by atoms with Crippen molar-refractivity contribution in [2.45, 2.75) is 6.42 Å². The topological polar surface area (TPSA) is 69.7 Å². The molecule has 2 rings (SSSR count). The molecule has 0 atom stereocenters. The summed E-state index contributed by atoms with van der Waals surface area (Å²) in [5.74, 6) is 0.397. The Bertz CT molecular complexity index is 708. The summed E-state index contributed by atoms with van der Waals surface area (Å²) in [6.07, 6.45) is 0.325. The summed E-state index contributed by atoms with van der Waals surface area (Å²) >= 11 is 9.17. The molecule has 1 heterocycles. The molecule has 0 aliphatic heterocycles. The molecule has 0 unspecified atom stereocenters. The van der Waals surface area contributed by atoms with Crippen molar-refractivity contribution in [3.8, 4) is 11.6 Å². The van der Waals surface area contributed by atoms with Crippen LogP contribution in [-0.4, -0.2) is 24.7 Å². The van der Waals surface area contributed by atoms with Gasteiger partial charge in [-0.15, -0.1) is 0 Å². The van der Waals surface area contributed by atoms with Crippen molar-refractivity contribution < 1.29 is 13.9 Å². The van der Waals surface area contributed by atoms with Crippen molar-refractivity contribution in [2.75, 3.05) is 13.7 Å². The van der Waals surface area contributed by atoms with E-state index in [1.807, 2.05) is 0 Å². The number of pyridine rings is 1. The molecular formula is C15H14BrClFN3O2. The van der Waals surface area contributed by atoms with Gasteiger partial charge in [0, 0.05) is 24.0 Å². The SMILES string of the molecule is C/N=C(/N)OCCc1cc(Oc2cc(Br)cc(Cl)n2)ccc1F. The van der Waals surface area contributed by atoms with Crippen molar-refractivity contribution in [2.24, 2.45) is 10.7 Å². The minimum Gasteiger partial charge on any atom is -0.465 e. The molecule has 0 saturated heterocycles. The van der Waals surface area contributed by atoms with E-state index in [1.165, 1.54) is 19.2 Å². The summed E-state index contributed by atoms with van der Waals surface area (Å²) in [5, 5.41) is 0.291. The average Bonchev–Trinajstić information content (AvgIpc) is 2.49. The van der Waals surface area contributed by atoms with Gasteiger partial charge in [0.15, 0.2) is 0 Å². The Morgan fingerprint density at radius 3 is 2.87 bits per heavy atom. The molecule has 0 spiro atoms. The van der Waals surface area contributed by atoms with Crippen molar-refractivity contribution in [3.05, 3.63) is 51.3 Å². The van der Waals surface area contributed by atoms with Gasteiger partial charge in [-0.25, -0.2) is 14.4 Å². The molecule has 122 valence electrons. The predicted octanol–water partition coefficient (Wildman–Crippen LogP) is 3.93. The molecule has 0 aliphatic rings. The molecule has 5 nitrogen and oxygen atoms in total. The van der Waals surface area contributed by atoms with E-state index >= 15 is 0 Å². The third-order valence-electron chi connectivity index (χ3n) is 2.82. The molecule has 0 aliphatic carbocycles. The number of hydrogen-bond acceptors (Lipinski definition) is 4. The van der Waals surface area contributed by atoms with Crippen molar-refractivity contribution >= 4 is 33.6 Å². The van der Waals surface area contributed by atoms with Crippen LogP contribution in [0.4, 0.5) is 4.39 Å². The molecular weight excluding hydrogens is 389 g/mol. The van der Waals surface area contributed by atoms with E-state index in [4.69, 9.17) is 26.8 Å². The van der Waals surface area contributed by atoms with E-state index in [0.29, 0.717) is 28.8 Å². The summed E-state index contributed by atoms with van der Waals surface area (Å²) < 4.78 is 25.3. The first-order valence-electron chi connectivity index (χ1n) is 6.62. The van der Waals surface area contributed by atoms with E-state index in [0.717, 1.165) is 4.47 Å². The van der Waals surface area contributed by atoms with E-state index in [2.05, 4.69) is 25.9 Å². The lowest BCUT2D eigenvalue weighted by Crippen LogP contribution is -2.17. The van der Waals surface area contributed by atoms with Gasteiger partial charge in [-0.3, -0.25) is 0 Å². The molecule has 0 saturated carbocycles. The molecule has 2 N–H and O–H groups in total. The second-order valence-corrected chi connectivity index (χ2v) is 5.76. The molecule has 2 aromatic rings. The number of aromatic nitrogens is 1. The van der Waals surface area contributed by atoms with Crippen LogP contribution in [0.3, 0.4) is 0 Å². The first kappa shape index (κ1) is 17.5. The van der Waals surface area contributed by atoms with Gasteiger partial charge in [0.1, 0.15) is 16.7 Å². The van der Waals surface area contributed by atoms with Crippen LogP contribution in [0.1, 0.15) is 5.56 Å². The van der Waals surface area contributed by atoms with Crippen LogP contribution < -0.4 is 10.5 Å². The fourth-order valence-electron chi connectivity index (χ4n) is 1.75. The highest BCUT2D eigenvalue weighted by Gasteiger charge is 2.08. The highest BCUT2D eigenvalue weighted by Crippen LogP contribution is 2.26. The lowest BCUT2D eigenvalue weighted by Gasteiger charge is -2.09. The van der Waals surface area contributed by atoms with Gasteiger partial charge in [-0.05, 0) is 29.8 Å². The lowest BCUT2D eigenvalue weighted by atomic mass is 10.1. The summed E-state index contributed by atoms with van der Waals surface area (Å²) in [4.78, 5) is 7.70. The monoisotopic (exact) mass is 401 g/mol. The van der Waals surface area contributed by atoms with E-state index in [-0.39, 0.29) is 18.4 Å². The second kappa shape index (κ2) is 8.12. The number of rotatable bonds is 5. The minimum absolute atomic E-state index is 0.0609. The van der Waals surface area contributed by atoms with Crippen LogP contribution in [0.2, 0.25) is 5.15 Å². The standard InChI is InChI=1S/C15H14BrClFN3O2/c1-20-15(19)22-5-4-9-6-11(2-3-12(9)18)23-14-8-10(16)7-13(17)21-14/h2-3,6-8H,4-5H2,1H3,(H2,19,20). The Morgan fingerprint density at radius 1 is 1.39 bits per heavy atom. The number of halogens is 3. The average molecular weight is 403 g/mol. The largest absolute Gasteiger partial charge is 0.465 e. The molecule has 0 fully saturated rings. The third kappa shape index (κ3) is 5.37. The van der Waals surface area contributed by atoms with E-state index in [1.54, 1.807) is 18.2 Å². The normalized spacial score (nSPS) is 11.4. The fraction of sp³-hybridized carbons (Fsp3) is 0.200. The molecule has 0 radical (unpaired) electrons. The zero-order valence-electron chi connectivity index (χ0n) is 12.2. The number of hydrogen-bond donors (Lipinski definition) is 1. The molecule has 0 amide bonds. The van der Waals surface area contributed by atoms with Gasteiger partial charge in [-0.2, -0.15) is 0 Å². The number of ether oxygens (including phenoxy) is 2. The van der Waals surface area contributed by atoms with Crippen molar-refractivity contribution in [1.82, 2.24) is 4.98 Å². The Morgan fingerprint density at radius 2 is 2.17 bits per heavy atom. The lowest BCUT2D eigenvalue weighted by molar-refractivity contribution is 0.301. The molecule has 0 bridgehead atoms. The summed E-state index contributed by atoms with van der Waals surface area (Å²) in [6.45, 7) is 0.213. The quantitative estimate of drug-likeness (QED) is 0.467. The molecule has 8 heteroatoms. The molecule has 1 aromatic heterocycles. The Balaban J connectivity index is 2.10. The Labute approximate surface area is 146 Å². The summed E-state index contributed by atoms with van der Waals surface area (Å²) in [5.41, 5.74) is 5.86. The maximum atomic E-state index is 13.8. The summed E-state index contributed by atoms with van der Waals surface area (Å²) in [7, 11) is 1.51. The van der Waals surface area contributed by atoms with E-state index < -0.39 is 0 Å². The zero-order valence-corrected chi connectivity index (χ0v) is 14.6. The zero-order chi connectivity index (χ0) is 16.8. The van der Waals surface area contributed by atoms with Gasteiger partial charge in [0.05, 0.1) is 6.61 Å². The minimum atomic E-state index is -0.354. The maximum absolute atomic E-state index is 13.8. The maximum Gasteiger partial charge on any atom is 0.281 e. The van der Waals surface area contributed by atoms with Crippen LogP contribution >= 0.6 is 27.5 Å². The van der Waals surface area contributed by atoms with Crippen LogP contribution in [-0.2, 0) is 11.2 Å². The Kier molecular flexibility index (Phi) is 6.18. The van der Waals surface area contributed by atoms with Crippen LogP contribution in [0, 0.1) is 5.82 Å². The highest BCUT2D eigenvalue weighted by molar-refractivity contribution is 9.10. The van der Waals surface area contributed by atoms with Crippen LogP contribution in [0.5, 0.6) is 11.6 Å². The Hall–Kier alpha value is -1.86. The third-order valence-corrected chi connectivity index (χ3v) is 3.47. The smallest absolute Gasteiger partial charge is 0.281 e. The van der Waals surface area contributed by atoms with Gasteiger partial charge in [-0.1, -0.05) is 27.5 Å². The van der Waals surface area contributed by atoms with Gasteiger partial charge < -0.3 is 15.2 Å². The number of amidine groups is 1. The summed E-state index contributed by atoms with van der Waals surface area (Å²) in [6, 6.07) is 7.78. The number of nitrogens with zero attached hydrogens (tertiary/aromatic N) is 2. The predicted molar refractivity (Wildman–Crippen MR) is 90.6 cm³/mol. The van der Waals surface area contributed by atoms with E-state index in [9.17, 15) is 4.39 Å². The van der Waals surface area contributed by atoms with Gasteiger partial charge >= 0.3 is 0 Å². The second-order valence-electron chi connectivity index (χ2n) is 4.46. The number of benzene rings is 1. The fourth-order valence-corrected chi connectivity index (χ4v) is 2.50. The number of nitrogens with two attached hydrogens (primary N) is 1. The first-order valence-corrected chi connectivity index (χ1v) is 7.79. The number of aliphatic imine (C=N–C) groups is 1. The molecule has 23 heavy (non-hydrogen) atoms. The van der Waals surface area contributed by atoms with Gasteiger partial charge in [0.2, 0.25) is 5.88 Å². The molecule has 1 aromatic carbocycles. The van der Waals surface area contributed by atoms with Crippen LogP contribution in [0.15, 0.2) is 39.8 Å². The van der Waals surface area contributed by atoms with Crippen molar-refractivity contribution in [3.63, 3.8) is 0 Å². The van der Waals surface area contributed by atoms with Gasteiger partial charge in [0.25, 0.3) is 6.02 Å².